The Kier molecular flexibility index (Phi) is 9.31. The number of hydrogen-bond donors (Lipinski definition) is 0. The zero-order valence-electron chi connectivity index (χ0n) is 34.1. The Morgan fingerprint density at radius 2 is 0.817 bits per heavy atom. The molecule has 11 rings (SSSR count). The van der Waals surface area contributed by atoms with E-state index in [-0.39, 0.29) is 26.9 Å². The lowest BCUT2D eigenvalue weighted by atomic mass is 9.68. The fraction of sp³-hybridized carbons (Fsp3) is 0.412. The van der Waals surface area contributed by atoms with Crippen molar-refractivity contribution in [3.63, 3.8) is 0 Å². The van der Waals surface area contributed by atoms with Crippen molar-refractivity contribution in [2.75, 3.05) is 0 Å². The Bertz CT molecular complexity index is 2470. The van der Waals surface area contributed by atoms with Gasteiger partial charge >= 0.3 is 20.2 Å². The zero-order chi connectivity index (χ0) is 40.8. The number of rotatable bonds is 12. The quantitative estimate of drug-likeness (QED) is 0.116. The summed E-state index contributed by atoms with van der Waals surface area (Å²) >= 11 is 0. The van der Waals surface area contributed by atoms with Crippen molar-refractivity contribution < 1.29 is 24.6 Å². The van der Waals surface area contributed by atoms with E-state index >= 15 is 8.42 Å². The molecule has 0 amide bonds. The van der Waals surface area contributed by atoms with Crippen molar-refractivity contribution in [1.82, 2.24) is 0 Å². The molecule has 6 aliphatic rings. The van der Waals surface area contributed by atoms with Crippen LogP contribution in [0.2, 0.25) is 0 Å². The number of fused-ring (bicyclic) bond motifs is 6. The van der Waals surface area contributed by atoms with Gasteiger partial charge in [-0.05, 0) is 218 Å². The van der Waals surface area contributed by atoms with Crippen molar-refractivity contribution >= 4 is 30.5 Å². The molecule has 5 aromatic carbocycles. The molecule has 6 nitrogen and oxygen atoms in total. The topological polar surface area (TPSA) is 86.7 Å². The van der Waals surface area contributed by atoms with Crippen LogP contribution in [-0.2, 0) is 40.1 Å². The van der Waals surface area contributed by atoms with Crippen molar-refractivity contribution in [3.8, 4) is 5.75 Å². The highest BCUT2D eigenvalue weighted by molar-refractivity contribution is 8.33. The van der Waals surface area contributed by atoms with Gasteiger partial charge in [-0.3, -0.25) is 0 Å². The second kappa shape index (κ2) is 14.3. The van der Waals surface area contributed by atoms with Gasteiger partial charge in [-0.25, -0.2) is 3.63 Å². The highest BCUT2D eigenvalue weighted by atomic mass is 32.3. The second-order valence-electron chi connectivity index (χ2n) is 19.2. The average molecular weight is 859 g/mol. The normalized spacial score (nSPS) is 29.6. The van der Waals surface area contributed by atoms with E-state index in [4.69, 9.17) is 7.81 Å². The van der Waals surface area contributed by atoms with Gasteiger partial charge in [-0.15, -0.1) is 0 Å². The molecule has 9 heteroatoms. The number of hydrogen-bond acceptors (Lipinski definition) is 6. The zero-order valence-corrected chi connectivity index (χ0v) is 36.6. The van der Waals surface area contributed by atoms with Crippen LogP contribution < -0.4 is 4.18 Å². The third kappa shape index (κ3) is 6.26. The van der Waals surface area contributed by atoms with E-state index in [1.165, 1.54) is 61.9 Å². The van der Waals surface area contributed by atoms with E-state index < -0.39 is 30.5 Å². The van der Waals surface area contributed by atoms with Crippen LogP contribution in [0.5, 0.6) is 5.75 Å². The maximum atomic E-state index is 15.3. The fourth-order valence-corrected chi connectivity index (χ4v) is 19.9. The van der Waals surface area contributed by atoms with Gasteiger partial charge in [0.1, 0.15) is 10.6 Å². The summed E-state index contributed by atoms with van der Waals surface area (Å²) in [5.41, 5.74) is 3.31. The molecule has 0 unspecified atom stereocenters. The minimum atomic E-state index is -4.41. The maximum absolute atomic E-state index is 15.3. The van der Waals surface area contributed by atoms with Gasteiger partial charge in [0.25, 0.3) is 0 Å². The molecule has 0 radical (unpaired) electrons. The molecule has 5 aromatic rings. The Balaban J connectivity index is 0.985. The van der Waals surface area contributed by atoms with Gasteiger partial charge < -0.3 is 4.18 Å². The molecule has 6 saturated carbocycles. The van der Waals surface area contributed by atoms with E-state index in [1.807, 2.05) is 91.0 Å². The Labute approximate surface area is 357 Å². The van der Waals surface area contributed by atoms with Crippen LogP contribution in [0, 0.1) is 17.8 Å². The third-order valence-electron chi connectivity index (χ3n) is 16.1. The molecular formula is C51H54O6S3. The Morgan fingerprint density at radius 3 is 1.18 bits per heavy atom. The van der Waals surface area contributed by atoms with Crippen LogP contribution in [0.4, 0.5) is 0 Å². The minimum absolute atomic E-state index is 0.0768. The summed E-state index contributed by atoms with van der Waals surface area (Å²) in [5, 5.41) is 0. The van der Waals surface area contributed by atoms with Crippen LogP contribution in [0.15, 0.2) is 152 Å². The first-order valence-electron chi connectivity index (χ1n) is 22.2. The summed E-state index contributed by atoms with van der Waals surface area (Å²) in [6.07, 6.45) is 17.0. The van der Waals surface area contributed by atoms with E-state index in [0.717, 1.165) is 95.9 Å². The first-order valence-corrected chi connectivity index (χ1v) is 26.6. The van der Waals surface area contributed by atoms with E-state index in [2.05, 4.69) is 12.1 Å². The summed E-state index contributed by atoms with van der Waals surface area (Å²) < 4.78 is 72.4. The van der Waals surface area contributed by atoms with Gasteiger partial charge in [0.2, 0.25) is 0 Å². The molecular weight excluding hydrogens is 805 g/mol. The SMILES string of the molecule is O=S(=O)(OS(c1ccccc1)(c1ccccc1)c1ccccc1)c1ccc(OS(=O)(=O)c2c(C34CCC(CC3)C4)cc(C34CCC(CC3)C4)cc2C23CCC(CC2)C3)cc1. The van der Waals surface area contributed by atoms with Gasteiger partial charge in [-0.1, -0.05) is 66.7 Å². The van der Waals surface area contributed by atoms with Crippen LogP contribution in [0.25, 0.3) is 0 Å². The van der Waals surface area contributed by atoms with Crippen molar-refractivity contribution in [2.45, 2.75) is 137 Å². The second-order valence-corrected chi connectivity index (χ2v) is 25.1. The first-order chi connectivity index (χ1) is 29.0. The van der Waals surface area contributed by atoms with Crippen molar-refractivity contribution in [1.29, 1.82) is 0 Å². The van der Waals surface area contributed by atoms with Gasteiger partial charge in [0.15, 0.2) is 0 Å². The highest BCUT2D eigenvalue weighted by Crippen LogP contribution is 2.70. The minimum Gasteiger partial charge on any atom is -0.379 e. The lowest BCUT2D eigenvalue weighted by Gasteiger charge is -2.39. The molecule has 6 bridgehead atoms. The van der Waals surface area contributed by atoms with Crippen LogP contribution in [0.3, 0.4) is 0 Å². The van der Waals surface area contributed by atoms with Gasteiger partial charge in [0.05, 0.1) is 4.90 Å². The summed E-state index contributed by atoms with van der Waals surface area (Å²) in [6.45, 7) is 0. The lowest BCUT2D eigenvalue weighted by Crippen LogP contribution is -2.32. The Hall–Kier alpha value is -3.89. The fourth-order valence-electron chi connectivity index (χ4n) is 13.1. The van der Waals surface area contributed by atoms with Gasteiger partial charge in [-0.2, -0.15) is 16.8 Å². The van der Waals surface area contributed by atoms with Crippen LogP contribution in [0.1, 0.15) is 113 Å². The monoisotopic (exact) mass is 858 g/mol. The molecule has 60 heavy (non-hydrogen) atoms. The van der Waals surface area contributed by atoms with Crippen molar-refractivity contribution in [2.24, 2.45) is 17.8 Å². The lowest BCUT2D eigenvalue weighted by molar-refractivity contribution is 0.380. The smallest absolute Gasteiger partial charge is 0.339 e. The summed E-state index contributed by atoms with van der Waals surface area (Å²) in [6, 6.07) is 39.0. The average Bonchev–Trinajstić information content (AvgIpc) is 4.17. The van der Waals surface area contributed by atoms with Crippen molar-refractivity contribution in [3.05, 3.63) is 144 Å². The van der Waals surface area contributed by atoms with E-state index in [1.54, 1.807) is 0 Å². The van der Waals surface area contributed by atoms with E-state index in [0.29, 0.717) is 16.7 Å². The van der Waals surface area contributed by atoms with E-state index in [9.17, 15) is 8.42 Å². The van der Waals surface area contributed by atoms with Gasteiger partial charge in [0, 0.05) is 14.7 Å². The summed E-state index contributed by atoms with van der Waals surface area (Å²) in [7, 11) is -11.5. The Morgan fingerprint density at radius 1 is 0.433 bits per heavy atom. The third-order valence-corrected chi connectivity index (χ3v) is 22.6. The van der Waals surface area contributed by atoms with Crippen LogP contribution >= 0.6 is 10.3 Å². The predicted molar refractivity (Wildman–Crippen MR) is 235 cm³/mol. The molecule has 312 valence electrons. The summed E-state index contributed by atoms with van der Waals surface area (Å²) in [4.78, 5) is 2.57. The molecule has 6 aliphatic carbocycles. The standard InChI is InChI=1S/C51H54O6S3/c52-59(53,57-58(42-10-4-1-5-11-42,43-12-6-2-7-13-43)44-14-8-3-9-15-44)45-18-16-41(17-19-45)56-60(54,55)48-46(50-28-22-38(35-50)23-29-50)32-40(49-26-20-37(34-49)21-27-49)33-47(48)51-30-24-39(36-51)25-31-51/h1-19,32-33,37-39H,20-31,34-36H2. The molecule has 0 atom stereocenters. The molecule has 0 spiro atoms. The number of benzene rings is 5. The summed E-state index contributed by atoms with van der Waals surface area (Å²) in [5.74, 6) is 2.18. The largest absolute Gasteiger partial charge is 0.379 e. The first kappa shape index (κ1) is 39.0. The van der Waals surface area contributed by atoms with Crippen LogP contribution in [-0.4, -0.2) is 16.8 Å². The molecule has 0 N–H and O–H groups in total. The molecule has 0 heterocycles. The molecule has 0 aromatic heterocycles. The highest BCUT2D eigenvalue weighted by Gasteiger charge is 2.55. The molecule has 0 aliphatic heterocycles. The molecule has 6 fully saturated rings. The molecule has 0 saturated heterocycles. The maximum Gasteiger partial charge on any atom is 0.339 e. The predicted octanol–water partition coefficient (Wildman–Crippen LogP) is 12.6.